The lowest BCUT2D eigenvalue weighted by molar-refractivity contribution is -0.148. The van der Waals surface area contributed by atoms with Crippen LogP contribution < -0.4 is 0 Å². The number of carbonyl (C=O) groups is 3. The molecule has 1 aromatic heterocycles. The lowest BCUT2D eigenvalue weighted by atomic mass is 10.2. The van der Waals surface area contributed by atoms with Crippen LogP contribution in [-0.2, 0) is 14.3 Å². The molecule has 2 heterocycles. The molecule has 0 radical (unpaired) electrons. The molecule has 1 atom stereocenters. The van der Waals surface area contributed by atoms with Gasteiger partial charge in [0.25, 0.3) is 11.1 Å². The van der Waals surface area contributed by atoms with Crippen molar-refractivity contribution in [2.45, 2.75) is 26.8 Å². The zero-order valence-electron chi connectivity index (χ0n) is 16.2. The molecule has 1 saturated heterocycles. The zero-order valence-corrected chi connectivity index (χ0v) is 18.5. The summed E-state index contributed by atoms with van der Waals surface area (Å²) in [6, 6.07) is 6.10. The normalized spacial score (nSPS) is 16.6. The van der Waals surface area contributed by atoms with E-state index in [9.17, 15) is 14.4 Å². The Morgan fingerprint density at radius 3 is 2.55 bits per heavy atom. The first kappa shape index (κ1) is 21.5. The average Bonchev–Trinajstić information content (AvgIpc) is 3.11. The van der Waals surface area contributed by atoms with E-state index in [0.717, 1.165) is 39.3 Å². The van der Waals surface area contributed by atoms with Crippen molar-refractivity contribution in [1.29, 1.82) is 0 Å². The third kappa shape index (κ3) is 3.95. The first-order valence-electron chi connectivity index (χ1n) is 8.65. The zero-order chi connectivity index (χ0) is 21.5. The van der Waals surface area contributed by atoms with E-state index in [1.807, 2.05) is 24.5 Å². The van der Waals surface area contributed by atoms with E-state index in [1.165, 1.54) is 14.0 Å². The van der Waals surface area contributed by atoms with E-state index in [1.54, 1.807) is 24.3 Å². The fourth-order valence-electron chi connectivity index (χ4n) is 3.19. The van der Waals surface area contributed by atoms with Gasteiger partial charge in [-0.25, -0.2) is 4.79 Å². The SMILES string of the molecule is COC(=O)[C@@H](C)N1C(=O)S/C(=C/c2cc(C)n(-c3cc(Cl)ccc3Cl)c2C)C1=O. The van der Waals surface area contributed by atoms with Crippen LogP contribution in [0.15, 0.2) is 29.2 Å². The van der Waals surface area contributed by atoms with Crippen molar-refractivity contribution >= 4 is 58.2 Å². The van der Waals surface area contributed by atoms with Crippen LogP contribution in [0.2, 0.25) is 10.0 Å². The molecular formula is C20H18Cl2N2O4S. The fraction of sp³-hybridized carbons (Fsp3) is 0.250. The van der Waals surface area contributed by atoms with Crippen molar-refractivity contribution in [3.05, 3.63) is 56.2 Å². The molecule has 0 bridgehead atoms. The lowest BCUT2D eigenvalue weighted by Gasteiger charge is -2.18. The van der Waals surface area contributed by atoms with Crippen LogP contribution in [0.3, 0.4) is 0 Å². The van der Waals surface area contributed by atoms with E-state index >= 15 is 0 Å². The second-order valence-corrected chi connectivity index (χ2v) is 8.35. The highest BCUT2D eigenvalue weighted by Gasteiger charge is 2.41. The number of hydrogen-bond donors (Lipinski definition) is 0. The Morgan fingerprint density at radius 2 is 1.90 bits per heavy atom. The molecule has 1 aliphatic heterocycles. The number of esters is 1. The summed E-state index contributed by atoms with van der Waals surface area (Å²) in [6.07, 6.45) is 1.65. The number of nitrogens with zero attached hydrogens (tertiary/aromatic N) is 2. The van der Waals surface area contributed by atoms with Crippen molar-refractivity contribution in [3.63, 3.8) is 0 Å². The molecule has 6 nitrogen and oxygen atoms in total. The number of carbonyl (C=O) groups excluding carboxylic acids is 3. The Balaban J connectivity index is 2.00. The van der Waals surface area contributed by atoms with Crippen molar-refractivity contribution in [2.24, 2.45) is 0 Å². The predicted molar refractivity (Wildman–Crippen MR) is 115 cm³/mol. The minimum Gasteiger partial charge on any atom is -0.467 e. The molecule has 0 unspecified atom stereocenters. The van der Waals surface area contributed by atoms with E-state index in [2.05, 4.69) is 4.74 Å². The number of ether oxygens (including phenoxy) is 1. The van der Waals surface area contributed by atoms with Crippen molar-refractivity contribution in [3.8, 4) is 5.69 Å². The molecule has 29 heavy (non-hydrogen) atoms. The number of amides is 2. The van der Waals surface area contributed by atoms with Gasteiger partial charge in [-0.2, -0.15) is 0 Å². The van der Waals surface area contributed by atoms with Crippen LogP contribution in [0.25, 0.3) is 11.8 Å². The van der Waals surface area contributed by atoms with Crippen LogP contribution in [-0.4, -0.2) is 39.7 Å². The Morgan fingerprint density at radius 1 is 1.21 bits per heavy atom. The second-order valence-electron chi connectivity index (χ2n) is 6.51. The number of hydrogen-bond acceptors (Lipinski definition) is 5. The van der Waals surface area contributed by atoms with Gasteiger partial charge in [-0.1, -0.05) is 23.2 Å². The second kappa shape index (κ2) is 8.26. The summed E-state index contributed by atoms with van der Waals surface area (Å²) in [5.41, 5.74) is 3.20. The molecule has 2 amide bonds. The van der Waals surface area contributed by atoms with Gasteiger partial charge in [0.1, 0.15) is 6.04 Å². The van der Waals surface area contributed by atoms with Crippen LogP contribution in [0, 0.1) is 13.8 Å². The topological polar surface area (TPSA) is 68.6 Å². The average molecular weight is 453 g/mol. The quantitative estimate of drug-likeness (QED) is 0.482. The van der Waals surface area contributed by atoms with Crippen LogP contribution in [0.1, 0.15) is 23.9 Å². The number of thioether (sulfide) groups is 1. The van der Waals surface area contributed by atoms with Crippen molar-refractivity contribution < 1.29 is 19.1 Å². The summed E-state index contributed by atoms with van der Waals surface area (Å²) in [5, 5.41) is 0.581. The lowest BCUT2D eigenvalue weighted by Crippen LogP contribution is -2.42. The third-order valence-electron chi connectivity index (χ3n) is 4.66. The molecule has 9 heteroatoms. The van der Waals surface area contributed by atoms with Gasteiger partial charge >= 0.3 is 5.97 Å². The number of aryl methyl sites for hydroxylation is 1. The predicted octanol–water partition coefficient (Wildman–Crippen LogP) is 5.00. The summed E-state index contributed by atoms with van der Waals surface area (Å²) in [6.45, 7) is 5.25. The van der Waals surface area contributed by atoms with Gasteiger partial charge in [-0.05, 0) is 68.4 Å². The number of benzene rings is 1. The number of halogens is 2. The molecule has 0 N–H and O–H groups in total. The van der Waals surface area contributed by atoms with Crippen LogP contribution in [0.5, 0.6) is 0 Å². The monoisotopic (exact) mass is 452 g/mol. The number of rotatable bonds is 4. The van der Waals surface area contributed by atoms with E-state index < -0.39 is 23.2 Å². The Kier molecular flexibility index (Phi) is 6.12. The highest BCUT2D eigenvalue weighted by Crippen LogP contribution is 2.36. The van der Waals surface area contributed by atoms with E-state index in [4.69, 9.17) is 23.2 Å². The highest BCUT2D eigenvalue weighted by atomic mass is 35.5. The minimum atomic E-state index is -0.990. The molecule has 152 valence electrons. The maximum atomic E-state index is 12.7. The molecule has 2 aromatic rings. The van der Waals surface area contributed by atoms with Gasteiger partial charge < -0.3 is 9.30 Å². The van der Waals surface area contributed by atoms with Crippen LogP contribution in [0.4, 0.5) is 4.79 Å². The summed E-state index contributed by atoms with van der Waals surface area (Å²) in [5.74, 6) is -1.18. The number of methoxy groups -OCH3 is 1. The smallest absolute Gasteiger partial charge is 0.328 e. The van der Waals surface area contributed by atoms with E-state index in [0.29, 0.717) is 10.0 Å². The first-order chi connectivity index (χ1) is 13.6. The van der Waals surface area contributed by atoms with E-state index in [-0.39, 0.29) is 4.91 Å². The molecule has 0 saturated carbocycles. The molecule has 1 aromatic carbocycles. The van der Waals surface area contributed by atoms with Gasteiger partial charge in [0.15, 0.2) is 0 Å². The standard InChI is InChI=1S/C20H18Cl2N2O4S/c1-10-7-13(11(2)23(10)16-9-14(21)5-6-15(16)22)8-17-18(25)24(20(27)29-17)12(3)19(26)28-4/h5-9,12H,1-4H3/b17-8+/t12-/m1/s1. The molecule has 0 aliphatic carbocycles. The third-order valence-corrected chi connectivity index (χ3v) is 6.10. The summed E-state index contributed by atoms with van der Waals surface area (Å²) >= 11 is 13.3. The van der Waals surface area contributed by atoms with Crippen molar-refractivity contribution in [1.82, 2.24) is 9.47 Å². The number of imide groups is 1. The van der Waals surface area contributed by atoms with Gasteiger partial charge in [0, 0.05) is 16.4 Å². The Bertz CT molecular complexity index is 1060. The number of aromatic nitrogens is 1. The summed E-state index contributed by atoms with van der Waals surface area (Å²) < 4.78 is 6.57. The van der Waals surface area contributed by atoms with Gasteiger partial charge in [0.2, 0.25) is 0 Å². The molecular weight excluding hydrogens is 435 g/mol. The Labute approximate surface area is 182 Å². The van der Waals surface area contributed by atoms with Gasteiger partial charge in [-0.3, -0.25) is 14.5 Å². The first-order valence-corrected chi connectivity index (χ1v) is 10.2. The molecule has 1 fully saturated rings. The molecule has 0 spiro atoms. The maximum Gasteiger partial charge on any atom is 0.328 e. The van der Waals surface area contributed by atoms with Gasteiger partial charge in [-0.15, -0.1) is 0 Å². The van der Waals surface area contributed by atoms with Gasteiger partial charge in [0.05, 0.1) is 22.7 Å². The van der Waals surface area contributed by atoms with Crippen molar-refractivity contribution in [2.75, 3.05) is 7.11 Å². The summed E-state index contributed by atoms with van der Waals surface area (Å²) in [7, 11) is 1.21. The maximum absolute atomic E-state index is 12.7. The molecule has 1 aliphatic rings. The fourth-order valence-corrected chi connectivity index (χ4v) is 4.46. The highest BCUT2D eigenvalue weighted by molar-refractivity contribution is 8.18. The summed E-state index contributed by atoms with van der Waals surface area (Å²) in [4.78, 5) is 37.9. The van der Waals surface area contributed by atoms with Crippen LogP contribution >= 0.6 is 35.0 Å². The molecule has 3 rings (SSSR count). The minimum absolute atomic E-state index is 0.239. The largest absolute Gasteiger partial charge is 0.467 e. The Hall–Kier alpha value is -2.22.